The third-order valence-electron chi connectivity index (χ3n) is 4.51. The van der Waals surface area contributed by atoms with Crippen LogP contribution in [-0.4, -0.2) is 31.4 Å². The van der Waals surface area contributed by atoms with Crippen LogP contribution in [0.15, 0.2) is 54.7 Å². The summed E-state index contributed by atoms with van der Waals surface area (Å²) in [4.78, 5) is 31.5. The number of fused-ring (bicyclic) bond motifs is 1. The zero-order valence-electron chi connectivity index (χ0n) is 17.0. The molecule has 3 N–H and O–H groups in total. The first-order valence-electron chi connectivity index (χ1n) is 9.56. The summed E-state index contributed by atoms with van der Waals surface area (Å²) in [5, 5.41) is 5.96. The Morgan fingerprint density at radius 2 is 1.91 bits per heavy atom. The number of carbonyl (C=O) groups is 2. The fourth-order valence-electron chi connectivity index (χ4n) is 3.03. The first-order valence-corrected chi connectivity index (χ1v) is 9.56. The number of hydrogen-bond donors (Lipinski definition) is 2. The van der Waals surface area contributed by atoms with Crippen LogP contribution in [0.1, 0.15) is 21.6 Å². The van der Waals surface area contributed by atoms with Crippen molar-refractivity contribution in [3.05, 3.63) is 77.4 Å². The number of carbonyl (C=O) groups excluding carboxylic acids is 2. The molecule has 0 bridgehead atoms. The van der Waals surface area contributed by atoms with Gasteiger partial charge in [-0.25, -0.2) is 13.9 Å². The third kappa shape index (κ3) is 4.77. The Morgan fingerprint density at radius 1 is 1.12 bits per heavy atom. The molecule has 0 fully saturated rings. The smallest absolute Gasteiger partial charge is 0.433 e. The lowest BCUT2D eigenvalue weighted by molar-refractivity contribution is -0.142. The molecule has 9 nitrogen and oxygen atoms in total. The molecule has 4 rings (SSSR count). The molecule has 0 aliphatic heterocycles. The molecule has 0 unspecified atom stereocenters. The molecule has 174 valence electrons. The van der Waals surface area contributed by atoms with E-state index in [0.717, 1.165) is 12.1 Å². The van der Waals surface area contributed by atoms with Crippen LogP contribution in [0.2, 0.25) is 0 Å². The van der Waals surface area contributed by atoms with E-state index in [1.54, 1.807) is 0 Å². The predicted molar refractivity (Wildman–Crippen MR) is 110 cm³/mol. The van der Waals surface area contributed by atoms with E-state index in [1.807, 2.05) is 0 Å². The van der Waals surface area contributed by atoms with Crippen LogP contribution in [0.3, 0.4) is 0 Å². The van der Waals surface area contributed by atoms with Crippen LogP contribution >= 0.6 is 0 Å². The van der Waals surface area contributed by atoms with Crippen LogP contribution in [0.5, 0.6) is 11.6 Å². The van der Waals surface area contributed by atoms with Gasteiger partial charge < -0.3 is 10.5 Å². The van der Waals surface area contributed by atoms with E-state index in [9.17, 15) is 27.2 Å². The fourth-order valence-corrected chi connectivity index (χ4v) is 3.03. The molecule has 0 radical (unpaired) electrons. The van der Waals surface area contributed by atoms with Gasteiger partial charge in [-0.3, -0.25) is 14.9 Å². The topological polar surface area (TPSA) is 124 Å². The average molecular weight is 474 g/mol. The number of ether oxygens (including phenoxy) is 1. The van der Waals surface area contributed by atoms with Crippen molar-refractivity contribution in [1.29, 1.82) is 0 Å². The van der Waals surface area contributed by atoms with Crippen LogP contribution in [-0.2, 0) is 17.4 Å². The van der Waals surface area contributed by atoms with Gasteiger partial charge in [0, 0.05) is 6.20 Å². The highest BCUT2D eigenvalue weighted by atomic mass is 19.4. The number of halogens is 4. The number of alkyl halides is 3. The Kier molecular flexibility index (Phi) is 5.84. The number of hydrogen-bond acceptors (Lipinski definition) is 6. The summed E-state index contributed by atoms with van der Waals surface area (Å²) in [5.74, 6) is -3.11. The molecule has 3 aromatic heterocycles. The van der Waals surface area contributed by atoms with E-state index in [1.165, 1.54) is 42.6 Å². The second-order valence-electron chi connectivity index (χ2n) is 6.93. The van der Waals surface area contributed by atoms with Crippen molar-refractivity contribution in [2.24, 2.45) is 5.73 Å². The summed E-state index contributed by atoms with van der Waals surface area (Å²) in [7, 11) is 0. The van der Waals surface area contributed by atoms with Crippen molar-refractivity contribution in [3.8, 4) is 11.6 Å². The quantitative estimate of drug-likeness (QED) is 0.413. The fraction of sp³-hybridized carbons (Fsp3) is 0.0952. The Labute approximate surface area is 188 Å². The lowest BCUT2D eigenvalue weighted by atomic mass is 10.1. The number of anilines is 1. The van der Waals surface area contributed by atoms with Gasteiger partial charge in [0.2, 0.25) is 17.7 Å². The number of aromatic nitrogens is 4. The second-order valence-corrected chi connectivity index (χ2v) is 6.93. The molecule has 0 atom stereocenters. The molecule has 1 aromatic carbocycles. The van der Waals surface area contributed by atoms with E-state index in [0.29, 0.717) is 4.52 Å². The lowest BCUT2D eigenvalue weighted by Crippen LogP contribution is -2.16. The van der Waals surface area contributed by atoms with Crippen LogP contribution in [0, 0.1) is 5.82 Å². The Balaban J connectivity index is 1.47. The third-order valence-corrected chi connectivity index (χ3v) is 4.51. The van der Waals surface area contributed by atoms with Crippen molar-refractivity contribution in [3.63, 3.8) is 0 Å². The monoisotopic (exact) mass is 474 g/mol. The zero-order chi connectivity index (χ0) is 24.5. The molecular weight excluding hydrogens is 460 g/mol. The summed E-state index contributed by atoms with van der Waals surface area (Å²) in [6.07, 6.45) is -3.65. The molecule has 3 heterocycles. The normalized spacial score (nSPS) is 11.4. The highest BCUT2D eigenvalue weighted by Crippen LogP contribution is 2.29. The lowest BCUT2D eigenvalue weighted by Gasteiger charge is -2.09. The Bertz CT molecular complexity index is 1400. The summed E-state index contributed by atoms with van der Waals surface area (Å²) < 4.78 is 59.7. The van der Waals surface area contributed by atoms with E-state index in [2.05, 4.69) is 20.4 Å². The number of nitrogens with zero attached hydrogens (tertiary/aromatic N) is 4. The number of rotatable bonds is 6. The number of benzene rings is 1. The number of nitrogens with one attached hydrogen (secondary N) is 1. The van der Waals surface area contributed by atoms with Gasteiger partial charge in [-0.05, 0) is 42.0 Å². The first kappa shape index (κ1) is 22.6. The highest BCUT2D eigenvalue weighted by Gasteiger charge is 2.34. The molecule has 0 spiro atoms. The van der Waals surface area contributed by atoms with Crippen LogP contribution < -0.4 is 15.8 Å². The zero-order valence-corrected chi connectivity index (χ0v) is 17.0. The number of amides is 2. The summed E-state index contributed by atoms with van der Waals surface area (Å²) in [6.45, 7) is 0. The largest absolute Gasteiger partial charge is 0.435 e. The molecule has 4 aromatic rings. The Hall–Kier alpha value is -4.55. The molecule has 0 saturated carbocycles. The van der Waals surface area contributed by atoms with Gasteiger partial charge in [-0.2, -0.15) is 18.2 Å². The Morgan fingerprint density at radius 3 is 2.62 bits per heavy atom. The van der Waals surface area contributed by atoms with E-state index in [-0.39, 0.29) is 40.8 Å². The minimum Gasteiger partial charge on any atom is -0.435 e. The van der Waals surface area contributed by atoms with Gasteiger partial charge in [0.1, 0.15) is 11.3 Å². The molecule has 2 amide bonds. The van der Waals surface area contributed by atoms with Gasteiger partial charge in [-0.1, -0.05) is 12.1 Å². The van der Waals surface area contributed by atoms with Crippen molar-refractivity contribution in [2.45, 2.75) is 12.6 Å². The second kappa shape index (κ2) is 8.77. The standard InChI is InChI=1S/C21H14F4N6O3/c22-13-9-11(6-7-14(13)34-19-12(18(26)33)3-2-8-27-19)10-17(32)29-20-28-16-5-1-4-15(21(23,24)25)31(16)30-20/h1-9H,10H2,(H2,26,33)(H,29,30,32). The number of nitrogens with two attached hydrogens (primary N) is 1. The van der Waals surface area contributed by atoms with Crippen molar-refractivity contribution in [1.82, 2.24) is 19.6 Å². The summed E-state index contributed by atoms with van der Waals surface area (Å²) in [6, 6.07) is 9.79. The number of primary amides is 1. The number of pyridine rings is 2. The van der Waals surface area contributed by atoms with Crippen molar-refractivity contribution >= 4 is 23.4 Å². The molecular formula is C21H14F4N6O3. The van der Waals surface area contributed by atoms with E-state index < -0.39 is 29.5 Å². The van der Waals surface area contributed by atoms with Gasteiger partial charge in [0.25, 0.3) is 5.91 Å². The van der Waals surface area contributed by atoms with Crippen molar-refractivity contribution < 1.29 is 31.9 Å². The molecule has 0 saturated heterocycles. The van der Waals surface area contributed by atoms with Gasteiger partial charge >= 0.3 is 6.18 Å². The summed E-state index contributed by atoms with van der Waals surface area (Å²) in [5.41, 5.74) is 4.27. The molecule has 13 heteroatoms. The van der Waals surface area contributed by atoms with Gasteiger partial charge in [0.05, 0.1) is 6.42 Å². The van der Waals surface area contributed by atoms with Crippen LogP contribution in [0.25, 0.3) is 5.65 Å². The van der Waals surface area contributed by atoms with E-state index in [4.69, 9.17) is 10.5 Å². The van der Waals surface area contributed by atoms with E-state index >= 15 is 0 Å². The van der Waals surface area contributed by atoms with Crippen molar-refractivity contribution in [2.75, 3.05) is 5.32 Å². The highest BCUT2D eigenvalue weighted by molar-refractivity contribution is 5.95. The maximum atomic E-state index is 14.5. The minimum absolute atomic E-state index is 0.0426. The van der Waals surface area contributed by atoms with Gasteiger partial charge in [-0.15, -0.1) is 5.10 Å². The molecule has 0 aliphatic carbocycles. The first-order chi connectivity index (χ1) is 16.1. The predicted octanol–water partition coefficient (Wildman–Crippen LogP) is 3.35. The maximum absolute atomic E-state index is 14.5. The minimum atomic E-state index is -4.66. The summed E-state index contributed by atoms with van der Waals surface area (Å²) >= 11 is 0. The van der Waals surface area contributed by atoms with Gasteiger partial charge in [0.15, 0.2) is 17.2 Å². The SMILES string of the molecule is NC(=O)c1cccnc1Oc1ccc(CC(=O)Nc2nc3cccc(C(F)(F)F)n3n2)cc1F. The molecule has 34 heavy (non-hydrogen) atoms. The maximum Gasteiger partial charge on any atom is 0.433 e. The van der Waals surface area contributed by atoms with Crippen LogP contribution in [0.4, 0.5) is 23.5 Å². The molecule has 0 aliphatic rings. The average Bonchev–Trinajstić information content (AvgIpc) is 3.17.